The number of Topliss-reactive ketones (excluding diaryl/α,β-unsaturated/α-hetero) is 1. The number of aryl methyl sites for hydroxylation is 1. The summed E-state index contributed by atoms with van der Waals surface area (Å²) in [5.41, 5.74) is 1.23. The van der Waals surface area contributed by atoms with Crippen LogP contribution < -0.4 is 5.32 Å². The summed E-state index contributed by atoms with van der Waals surface area (Å²) in [6.07, 6.45) is 0.978. The van der Waals surface area contributed by atoms with E-state index in [1.54, 1.807) is 11.3 Å². The fourth-order valence-corrected chi connectivity index (χ4v) is 2.69. The number of hydrogen-bond donors (Lipinski definition) is 1. The fraction of sp³-hybridized carbons (Fsp3) is 0.500. The Morgan fingerprint density at radius 2 is 2.38 bits per heavy atom. The van der Waals surface area contributed by atoms with E-state index in [0.29, 0.717) is 12.6 Å². The molecule has 1 unspecified atom stereocenters. The van der Waals surface area contributed by atoms with E-state index in [9.17, 15) is 4.79 Å². The maximum Gasteiger partial charge on any atom is 0.186 e. The molecule has 13 heavy (non-hydrogen) atoms. The molecular formula is C10H13NOS. The number of fused-ring (bicyclic) bond motifs is 1. The molecule has 2 nitrogen and oxygen atoms in total. The summed E-state index contributed by atoms with van der Waals surface area (Å²) in [5, 5.41) is 3.20. The van der Waals surface area contributed by atoms with Crippen LogP contribution in [0.3, 0.4) is 0 Å². The van der Waals surface area contributed by atoms with Crippen molar-refractivity contribution in [3.63, 3.8) is 0 Å². The van der Waals surface area contributed by atoms with E-state index in [0.717, 1.165) is 11.3 Å². The van der Waals surface area contributed by atoms with Crippen LogP contribution in [0.2, 0.25) is 0 Å². The summed E-state index contributed by atoms with van der Waals surface area (Å²) in [4.78, 5) is 13.8. The van der Waals surface area contributed by atoms with Crippen LogP contribution in [0.1, 0.15) is 27.0 Å². The van der Waals surface area contributed by atoms with Crippen molar-refractivity contribution in [2.75, 3.05) is 6.54 Å². The maximum absolute atomic E-state index is 11.6. The minimum atomic E-state index is 0.248. The van der Waals surface area contributed by atoms with Gasteiger partial charge in [0.1, 0.15) is 0 Å². The first-order valence-electron chi connectivity index (χ1n) is 4.52. The van der Waals surface area contributed by atoms with Crippen molar-refractivity contribution in [1.29, 1.82) is 0 Å². The maximum atomic E-state index is 11.6. The molecular weight excluding hydrogens is 182 g/mol. The molecule has 1 aliphatic heterocycles. The van der Waals surface area contributed by atoms with Gasteiger partial charge in [0.05, 0.1) is 11.4 Å². The Balaban J connectivity index is 2.42. The van der Waals surface area contributed by atoms with Gasteiger partial charge < -0.3 is 5.32 Å². The number of ketones is 1. The van der Waals surface area contributed by atoms with Gasteiger partial charge in [-0.05, 0) is 31.9 Å². The lowest BCUT2D eigenvalue weighted by atomic mass is 10.1. The van der Waals surface area contributed by atoms with Gasteiger partial charge in [0.25, 0.3) is 0 Å². The van der Waals surface area contributed by atoms with Crippen LogP contribution in [0, 0.1) is 6.92 Å². The number of carbonyl (C=O) groups is 1. The standard InChI is InChI=1S/C10H13NOS/c1-6-3-8-4-7(2)13-10(8)9(12)5-11-6/h4,6,11H,3,5H2,1-2H3. The van der Waals surface area contributed by atoms with Crippen LogP contribution in [-0.2, 0) is 6.42 Å². The highest BCUT2D eigenvalue weighted by Gasteiger charge is 2.20. The van der Waals surface area contributed by atoms with Gasteiger partial charge in [0.2, 0.25) is 0 Å². The summed E-state index contributed by atoms with van der Waals surface area (Å²) < 4.78 is 0. The first kappa shape index (κ1) is 8.91. The molecule has 0 aromatic carbocycles. The third kappa shape index (κ3) is 1.67. The average Bonchev–Trinajstić information content (AvgIpc) is 2.37. The van der Waals surface area contributed by atoms with Crippen LogP contribution in [-0.4, -0.2) is 18.4 Å². The number of carbonyl (C=O) groups excluding carboxylic acids is 1. The number of nitrogens with one attached hydrogen (secondary N) is 1. The quantitative estimate of drug-likeness (QED) is 0.683. The zero-order valence-corrected chi connectivity index (χ0v) is 8.70. The van der Waals surface area contributed by atoms with E-state index in [1.807, 2.05) is 0 Å². The monoisotopic (exact) mass is 195 g/mol. The molecule has 2 heterocycles. The van der Waals surface area contributed by atoms with Crippen molar-refractivity contribution < 1.29 is 4.79 Å². The van der Waals surface area contributed by atoms with Crippen molar-refractivity contribution in [2.45, 2.75) is 26.3 Å². The first-order valence-corrected chi connectivity index (χ1v) is 5.34. The van der Waals surface area contributed by atoms with Crippen molar-refractivity contribution >= 4 is 17.1 Å². The fourth-order valence-electron chi connectivity index (χ4n) is 1.70. The van der Waals surface area contributed by atoms with E-state index >= 15 is 0 Å². The molecule has 0 radical (unpaired) electrons. The molecule has 0 saturated carbocycles. The average molecular weight is 195 g/mol. The molecule has 0 saturated heterocycles. The summed E-state index contributed by atoms with van der Waals surface area (Å²) in [7, 11) is 0. The minimum absolute atomic E-state index is 0.248. The second-order valence-corrected chi connectivity index (χ2v) is 4.88. The molecule has 1 aliphatic rings. The van der Waals surface area contributed by atoms with Crippen molar-refractivity contribution in [3.05, 3.63) is 21.4 Å². The molecule has 0 fully saturated rings. The number of hydrogen-bond acceptors (Lipinski definition) is 3. The Hall–Kier alpha value is -0.670. The van der Waals surface area contributed by atoms with Gasteiger partial charge in [-0.2, -0.15) is 0 Å². The van der Waals surface area contributed by atoms with Gasteiger partial charge in [0, 0.05) is 10.9 Å². The lowest BCUT2D eigenvalue weighted by Crippen LogP contribution is -2.29. The SMILES string of the molecule is Cc1cc2c(s1)C(=O)CNC(C)C2. The summed E-state index contributed by atoms with van der Waals surface area (Å²) in [6.45, 7) is 4.67. The van der Waals surface area contributed by atoms with E-state index in [-0.39, 0.29) is 5.78 Å². The highest BCUT2D eigenvalue weighted by Crippen LogP contribution is 2.25. The number of rotatable bonds is 0. The normalized spacial score (nSPS) is 22.6. The van der Waals surface area contributed by atoms with Crippen LogP contribution in [0.5, 0.6) is 0 Å². The minimum Gasteiger partial charge on any atom is -0.307 e. The highest BCUT2D eigenvalue weighted by atomic mass is 32.1. The Kier molecular flexibility index (Phi) is 2.22. The van der Waals surface area contributed by atoms with E-state index in [1.165, 1.54) is 10.4 Å². The molecule has 1 atom stereocenters. The van der Waals surface area contributed by atoms with Crippen molar-refractivity contribution in [2.24, 2.45) is 0 Å². The third-order valence-corrected chi connectivity index (χ3v) is 3.46. The van der Waals surface area contributed by atoms with E-state index in [4.69, 9.17) is 0 Å². The highest BCUT2D eigenvalue weighted by molar-refractivity contribution is 7.14. The molecule has 0 amide bonds. The summed E-state index contributed by atoms with van der Waals surface area (Å²) >= 11 is 1.62. The van der Waals surface area contributed by atoms with E-state index < -0.39 is 0 Å². The lowest BCUT2D eigenvalue weighted by Gasteiger charge is -2.07. The molecule has 0 bridgehead atoms. The number of thiophene rings is 1. The molecule has 3 heteroatoms. The van der Waals surface area contributed by atoms with Crippen molar-refractivity contribution in [1.82, 2.24) is 5.32 Å². The zero-order valence-electron chi connectivity index (χ0n) is 7.89. The molecule has 2 rings (SSSR count). The zero-order chi connectivity index (χ0) is 9.42. The molecule has 0 aliphatic carbocycles. The summed E-state index contributed by atoms with van der Waals surface area (Å²) in [6, 6.07) is 2.56. The Labute approximate surface area is 82.0 Å². The lowest BCUT2D eigenvalue weighted by molar-refractivity contribution is 0.0995. The summed E-state index contributed by atoms with van der Waals surface area (Å²) in [5.74, 6) is 0.248. The Morgan fingerprint density at radius 1 is 1.62 bits per heavy atom. The largest absolute Gasteiger partial charge is 0.307 e. The molecule has 1 aromatic rings. The van der Waals surface area contributed by atoms with Gasteiger partial charge in [-0.3, -0.25) is 4.79 Å². The second-order valence-electron chi connectivity index (χ2n) is 3.62. The van der Waals surface area contributed by atoms with Crippen molar-refractivity contribution in [3.8, 4) is 0 Å². The van der Waals surface area contributed by atoms with Gasteiger partial charge in [-0.15, -0.1) is 11.3 Å². The Bertz CT molecular complexity index is 343. The molecule has 1 aromatic heterocycles. The molecule has 70 valence electrons. The first-order chi connectivity index (χ1) is 6.16. The van der Waals surface area contributed by atoms with Crippen LogP contribution >= 0.6 is 11.3 Å². The van der Waals surface area contributed by atoms with Gasteiger partial charge in [-0.25, -0.2) is 0 Å². The Morgan fingerprint density at radius 3 is 3.15 bits per heavy atom. The van der Waals surface area contributed by atoms with Gasteiger partial charge >= 0.3 is 0 Å². The third-order valence-electron chi connectivity index (χ3n) is 2.32. The van der Waals surface area contributed by atoms with Gasteiger partial charge in [0.15, 0.2) is 5.78 Å². The second kappa shape index (κ2) is 3.24. The predicted octanol–water partition coefficient (Wildman–Crippen LogP) is 1.77. The smallest absolute Gasteiger partial charge is 0.186 e. The topological polar surface area (TPSA) is 29.1 Å². The van der Waals surface area contributed by atoms with Crippen LogP contribution in [0.4, 0.5) is 0 Å². The van der Waals surface area contributed by atoms with Gasteiger partial charge in [-0.1, -0.05) is 0 Å². The van der Waals surface area contributed by atoms with Crippen LogP contribution in [0.15, 0.2) is 6.07 Å². The van der Waals surface area contributed by atoms with Crippen LogP contribution in [0.25, 0.3) is 0 Å². The van der Waals surface area contributed by atoms with E-state index in [2.05, 4.69) is 25.2 Å². The molecule has 1 N–H and O–H groups in total. The molecule has 0 spiro atoms. The predicted molar refractivity (Wildman–Crippen MR) is 54.6 cm³/mol.